The van der Waals surface area contributed by atoms with Gasteiger partial charge in [-0.3, -0.25) is 14.9 Å². The summed E-state index contributed by atoms with van der Waals surface area (Å²) in [4.78, 5) is 12.3. The van der Waals surface area contributed by atoms with Gasteiger partial charge in [0.25, 0.3) is 0 Å². The Morgan fingerprint density at radius 1 is 1.44 bits per heavy atom. The molecule has 0 aromatic carbocycles. The lowest BCUT2D eigenvalue weighted by atomic mass is 10.1. The number of pyridine rings is 1. The number of morpholine rings is 1. The summed E-state index contributed by atoms with van der Waals surface area (Å²) in [5.74, 6) is 0.0781. The van der Waals surface area contributed by atoms with Crippen molar-refractivity contribution in [2.45, 2.75) is 19.6 Å². The van der Waals surface area contributed by atoms with Crippen LogP contribution < -0.4 is 0 Å². The molecule has 7 heteroatoms. The minimum Gasteiger partial charge on any atom is -0.505 e. The van der Waals surface area contributed by atoms with Crippen LogP contribution in [0.15, 0.2) is 28.7 Å². The van der Waals surface area contributed by atoms with Gasteiger partial charge in [0.15, 0.2) is 0 Å². The van der Waals surface area contributed by atoms with Gasteiger partial charge in [0.2, 0.25) is 0 Å². The van der Waals surface area contributed by atoms with Crippen LogP contribution in [-0.4, -0.2) is 59.2 Å². The number of aryl methyl sites for hydroxylation is 1. The lowest BCUT2D eigenvalue weighted by Gasteiger charge is -2.33. The summed E-state index contributed by atoms with van der Waals surface area (Å²) in [6, 6.07) is 4.38. The van der Waals surface area contributed by atoms with Gasteiger partial charge in [-0.2, -0.15) is 0 Å². The van der Waals surface area contributed by atoms with Gasteiger partial charge >= 0.3 is 0 Å². The summed E-state index contributed by atoms with van der Waals surface area (Å²) in [6.45, 7) is 5.40. The molecule has 25 heavy (non-hydrogen) atoms. The number of hydrogen-bond acceptors (Lipinski definition) is 7. The fourth-order valence-electron chi connectivity index (χ4n) is 2.92. The van der Waals surface area contributed by atoms with E-state index in [-0.39, 0.29) is 18.4 Å². The van der Waals surface area contributed by atoms with E-state index < -0.39 is 0 Å². The van der Waals surface area contributed by atoms with Gasteiger partial charge in [0.05, 0.1) is 38.1 Å². The van der Waals surface area contributed by atoms with Crippen molar-refractivity contribution in [2.75, 3.05) is 32.8 Å². The monoisotopic (exact) mass is 361 g/mol. The minimum atomic E-state index is -0.181. The van der Waals surface area contributed by atoms with Crippen LogP contribution in [0.1, 0.15) is 27.7 Å². The fourth-order valence-corrected chi connectivity index (χ4v) is 3.77. The molecule has 0 bridgehead atoms. The number of ether oxygens (including phenoxy) is 1. The summed E-state index contributed by atoms with van der Waals surface area (Å²) >= 11 is 1.73. The predicted molar refractivity (Wildman–Crippen MR) is 98.5 cm³/mol. The number of hydrogen-bond donors (Lipinski definition) is 2. The van der Waals surface area contributed by atoms with E-state index in [9.17, 15) is 10.2 Å². The lowest BCUT2D eigenvalue weighted by Crippen LogP contribution is -2.39. The maximum atomic E-state index is 10.2. The van der Waals surface area contributed by atoms with E-state index in [4.69, 9.17) is 4.74 Å². The van der Waals surface area contributed by atoms with Crippen molar-refractivity contribution in [3.8, 4) is 5.75 Å². The van der Waals surface area contributed by atoms with Crippen molar-refractivity contribution >= 4 is 17.6 Å². The molecule has 0 spiro atoms. The Labute approximate surface area is 151 Å². The van der Waals surface area contributed by atoms with Crippen LogP contribution in [0.2, 0.25) is 0 Å². The van der Waals surface area contributed by atoms with Gasteiger partial charge in [0.1, 0.15) is 5.75 Å². The van der Waals surface area contributed by atoms with Crippen LogP contribution in [0.25, 0.3) is 0 Å². The number of aliphatic hydroxyl groups excluding tert-OH is 1. The Morgan fingerprint density at radius 3 is 2.92 bits per heavy atom. The number of aliphatic hydroxyl groups is 1. The van der Waals surface area contributed by atoms with Gasteiger partial charge < -0.3 is 14.9 Å². The molecule has 1 fully saturated rings. The first-order chi connectivity index (χ1) is 12.2. The number of rotatable bonds is 6. The molecule has 134 valence electrons. The van der Waals surface area contributed by atoms with E-state index in [1.54, 1.807) is 30.7 Å². The Hall–Kier alpha value is -1.80. The summed E-state index contributed by atoms with van der Waals surface area (Å²) < 4.78 is 5.46. The Bertz CT molecular complexity index is 713. The van der Waals surface area contributed by atoms with Crippen LogP contribution in [0.5, 0.6) is 5.75 Å². The third-order valence-corrected chi connectivity index (χ3v) is 5.36. The van der Waals surface area contributed by atoms with Crippen LogP contribution in [0.4, 0.5) is 0 Å². The summed E-state index contributed by atoms with van der Waals surface area (Å²) in [5, 5.41) is 21.8. The van der Waals surface area contributed by atoms with E-state index in [0.29, 0.717) is 23.4 Å². The van der Waals surface area contributed by atoms with Crippen molar-refractivity contribution in [1.29, 1.82) is 0 Å². The first-order valence-corrected chi connectivity index (χ1v) is 9.22. The molecular formula is C18H23N3O3S. The standard InChI is InChI=1S/C18H23N3O3S/c1-13-18(23)15(14(12-22)9-20-13)10-19-11-16(17-3-2-8-25-17)21-4-6-24-7-5-21/h2-3,8-10,16,22-23H,4-7,11-12H2,1H3/t16-/m0/s1. The third kappa shape index (κ3) is 4.24. The highest BCUT2D eigenvalue weighted by Gasteiger charge is 2.23. The molecule has 0 unspecified atom stereocenters. The number of aliphatic imine (C=N–C) groups is 1. The molecule has 2 aromatic rings. The smallest absolute Gasteiger partial charge is 0.145 e. The molecule has 1 aliphatic rings. The SMILES string of the molecule is Cc1ncc(CO)c(C=NC[C@@H](c2cccs2)N2CCOCC2)c1O. The highest BCUT2D eigenvalue weighted by Crippen LogP contribution is 2.27. The fraction of sp³-hybridized carbons (Fsp3) is 0.444. The van der Waals surface area contributed by atoms with Crippen molar-refractivity contribution in [1.82, 2.24) is 9.88 Å². The van der Waals surface area contributed by atoms with Gasteiger partial charge in [-0.15, -0.1) is 11.3 Å². The van der Waals surface area contributed by atoms with Gasteiger partial charge in [-0.1, -0.05) is 6.07 Å². The molecule has 0 radical (unpaired) electrons. The maximum absolute atomic E-state index is 10.2. The topological polar surface area (TPSA) is 78.2 Å². The lowest BCUT2D eigenvalue weighted by molar-refractivity contribution is 0.0187. The first kappa shape index (κ1) is 18.0. The highest BCUT2D eigenvalue weighted by molar-refractivity contribution is 7.10. The maximum Gasteiger partial charge on any atom is 0.145 e. The molecule has 1 saturated heterocycles. The zero-order valence-corrected chi connectivity index (χ0v) is 15.1. The summed E-state index contributed by atoms with van der Waals surface area (Å²) in [7, 11) is 0. The van der Waals surface area contributed by atoms with Gasteiger partial charge in [0, 0.05) is 41.5 Å². The van der Waals surface area contributed by atoms with E-state index in [1.807, 2.05) is 0 Å². The number of thiophene rings is 1. The molecule has 0 amide bonds. The molecule has 3 rings (SSSR count). The van der Waals surface area contributed by atoms with Crippen molar-refractivity contribution < 1.29 is 14.9 Å². The van der Waals surface area contributed by atoms with Crippen molar-refractivity contribution in [3.63, 3.8) is 0 Å². The molecular weight excluding hydrogens is 338 g/mol. The van der Waals surface area contributed by atoms with Crippen LogP contribution >= 0.6 is 11.3 Å². The second-order valence-electron chi connectivity index (χ2n) is 5.96. The number of aromatic hydroxyl groups is 1. The zero-order chi connectivity index (χ0) is 17.6. The van der Waals surface area contributed by atoms with E-state index in [0.717, 1.165) is 26.3 Å². The number of nitrogens with zero attached hydrogens (tertiary/aromatic N) is 3. The molecule has 6 nitrogen and oxygen atoms in total. The van der Waals surface area contributed by atoms with E-state index in [1.165, 1.54) is 4.88 Å². The van der Waals surface area contributed by atoms with Crippen LogP contribution in [0, 0.1) is 6.92 Å². The normalized spacial score (nSPS) is 17.2. The van der Waals surface area contributed by atoms with Gasteiger partial charge in [-0.25, -0.2) is 0 Å². The minimum absolute atomic E-state index is 0.0781. The highest BCUT2D eigenvalue weighted by atomic mass is 32.1. The van der Waals surface area contributed by atoms with Gasteiger partial charge in [-0.05, 0) is 18.4 Å². The molecule has 3 heterocycles. The Morgan fingerprint density at radius 2 is 2.24 bits per heavy atom. The number of aromatic nitrogens is 1. The Balaban J connectivity index is 1.79. The molecule has 2 N–H and O–H groups in total. The second-order valence-corrected chi connectivity index (χ2v) is 6.94. The summed E-state index contributed by atoms with van der Waals surface area (Å²) in [6.07, 6.45) is 3.23. The largest absolute Gasteiger partial charge is 0.505 e. The molecule has 2 aromatic heterocycles. The van der Waals surface area contributed by atoms with E-state index in [2.05, 4.69) is 32.4 Å². The predicted octanol–water partition coefficient (Wildman–Crippen LogP) is 2.14. The third-order valence-electron chi connectivity index (χ3n) is 4.38. The van der Waals surface area contributed by atoms with E-state index >= 15 is 0 Å². The van der Waals surface area contributed by atoms with Crippen LogP contribution in [0.3, 0.4) is 0 Å². The quantitative estimate of drug-likeness (QED) is 0.771. The Kier molecular flexibility index (Phi) is 6.14. The zero-order valence-electron chi connectivity index (χ0n) is 14.3. The first-order valence-electron chi connectivity index (χ1n) is 8.34. The molecule has 1 atom stereocenters. The molecule has 1 aliphatic heterocycles. The second kappa shape index (κ2) is 8.53. The van der Waals surface area contributed by atoms with Crippen molar-refractivity contribution in [3.05, 3.63) is 45.4 Å². The average Bonchev–Trinajstić information content (AvgIpc) is 3.17. The van der Waals surface area contributed by atoms with Crippen molar-refractivity contribution in [2.24, 2.45) is 4.99 Å². The molecule has 0 aliphatic carbocycles. The molecule has 0 saturated carbocycles. The average molecular weight is 361 g/mol. The van der Waals surface area contributed by atoms with Crippen LogP contribution in [-0.2, 0) is 11.3 Å². The summed E-state index contributed by atoms with van der Waals surface area (Å²) in [5.41, 5.74) is 1.65.